The van der Waals surface area contributed by atoms with Crippen LogP contribution in [0, 0.1) is 0 Å². The van der Waals surface area contributed by atoms with Gasteiger partial charge in [0.05, 0.1) is 24.7 Å². The van der Waals surface area contributed by atoms with Gasteiger partial charge < -0.3 is 10.1 Å². The lowest BCUT2D eigenvalue weighted by Crippen LogP contribution is -1.96. The van der Waals surface area contributed by atoms with Crippen LogP contribution in [0.5, 0.6) is 5.88 Å². The Morgan fingerprint density at radius 1 is 1.33 bits per heavy atom. The minimum atomic E-state index is 0.577. The topological polar surface area (TPSA) is 47.0 Å². The summed E-state index contributed by atoms with van der Waals surface area (Å²) in [6, 6.07) is 6.35. The molecule has 0 amide bonds. The maximum Gasteiger partial charge on any atom is 0.232 e. The number of hydrogen-bond acceptors (Lipinski definition) is 4. The Hall–Kier alpha value is -2.10. The number of aromatic nitrogens is 2. The fourth-order valence-corrected chi connectivity index (χ4v) is 2.17. The van der Waals surface area contributed by atoms with Crippen LogP contribution in [-0.2, 0) is 6.42 Å². The van der Waals surface area contributed by atoms with Crippen LogP contribution in [-0.4, -0.2) is 23.1 Å². The number of hydrogen-bond donors (Lipinski definition) is 1. The van der Waals surface area contributed by atoms with Gasteiger partial charge in [-0.3, -0.25) is 4.98 Å². The molecule has 92 valence electrons. The Labute approximate surface area is 106 Å². The van der Waals surface area contributed by atoms with Crippen LogP contribution in [0.25, 0.3) is 11.3 Å². The normalized spacial score (nSPS) is 12.9. The molecule has 4 heteroatoms. The number of benzene rings is 1. The molecule has 1 aliphatic heterocycles. The first-order valence-electron chi connectivity index (χ1n) is 6.19. The van der Waals surface area contributed by atoms with Gasteiger partial charge in [-0.25, -0.2) is 4.98 Å². The number of ether oxygens (including phenoxy) is 1. The maximum absolute atomic E-state index is 5.37. The van der Waals surface area contributed by atoms with Crippen LogP contribution in [0.15, 0.2) is 30.6 Å². The predicted molar refractivity (Wildman–Crippen MR) is 70.8 cm³/mol. The van der Waals surface area contributed by atoms with Crippen molar-refractivity contribution in [1.29, 1.82) is 0 Å². The molecular weight excluding hydrogens is 226 g/mol. The lowest BCUT2D eigenvalue weighted by Gasteiger charge is -2.06. The molecule has 0 radical (unpaired) electrons. The zero-order chi connectivity index (χ0) is 12.4. The van der Waals surface area contributed by atoms with E-state index in [2.05, 4.69) is 33.5 Å². The molecule has 1 aliphatic rings. The van der Waals surface area contributed by atoms with Gasteiger partial charge in [-0.1, -0.05) is 6.07 Å². The number of anilines is 1. The number of fused-ring (bicyclic) bond motifs is 1. The Balaban J connectivity index is 1.96. The van der Waals surface area contributed by atoms with Gasteiger partial charge in [-0.2, -0.15) is 0 Å². The van der Waals surface area contributed by atoms with Crippen LogP contribution >= 0.6 is 0 Å². The SMILES string of the molecule is CCOc1cncc(-c2ccc3c(c2)CCN3)n1. The second kappa shape index (κ2) is 4.64. The van der Waals surface area contributed by atoms with Crippen LogP contribution in [0.3, 0.4) is 0 Å². The lowest BCUT2D eigenvalue weighted by atomic mass is 10.1. The van der Waals surface area contributed by atoms with Crippen molar-refractivity contribution in [2.75, 3.05) is 18.5 Å². The molecule has 3 rings (SSSR count). The van der Waals surface area contributed by atoms with Gasteiger partial charge in [-0.15, -0.1) is 0 Å². The van der Waals surface area contributed by atoms with Crippen LogP contribution in [0.1, 0.15) is 12.5 Å². The Morgan fingerprint density at radius 3 is 3.17 bits per heavy atom. The van der Waals surface area contributed by atoms with Crippen molar-refractivity contribution in [3.63, 3.8) is 0 Å². The summed E-state index contributed by atoms with van der Waals surface area (Å²) in [5.74, 6) is 0.577. The van der Waals surface area contributed by atoms with E-state index in [1.807, 2.05) is 6.92 Å². The first kappa shape index (κ1) is 11.0. The first-order chi connectivity index (χ1) is 8.86. The van der Waals surface area contributed by atoms with Crippen molar-refractivity contribution in [3.8, 4) is 17.1 Å². The molecule has 0 saturated heterocycles. The molecule has 0 atom stereocenters. The number of nitrogens with zero attached hydrogens (tertiary/aromatic N) is 2. The smallest absolute Gasteiger partial charge is 0.232 e. The molecule has 2 aromatic rings. The third kappa shape index (κ3) is 2.01. The average molecular weight is 241 g/mol. The van der Waals surface area contributed by atoms with Crippen LogP contribution in [0.2, 0.25) is 0 Å². The summed E-state index contributed by atoms with van der Waals surface area (Å²) < 4.78 is 5.37. The fraction of sp³-hybridized carbons (Fsp3) is 0.286. The molecule has 18 heavy (non-hydrogen) atoms. The molecule has 1 N–H and O–H groups in total. The van der Waals surface area contributed by atoms with Gasteiger partial charge in [0, 0.05) is 17.8 Å². The average Bonchev–Trinajstić information content (AvgIpc) is 2.86. The standard InChI is InChI=1S/C14H15N3O/c1-2-18-14-9-15-8-13(17-14)10-3-4-12-11(7-10)5-6-16-12/h3-4,7-9,16H,2,5-6H2,1H3. The van der Waals surface area contributed by atoms with E-state index in [9.17, 15) is 0 Å². The fourth-order valence-electron chi connectivity index (χ4n) is 2.17. The largest absolute Gasteiger partial charge is 0.477 e. The third-order valence-electron chi connectivity index (χ3n) is 3.02. The monoisotopic (exact) mass is 241 g/mol. The Morgan fingerprint density at radius 2 is 2.28 bits per heavy atom. The highest BCUT2D eigenvalue weighted by atomic mass is 16.5. The zero-order valence-electron chi connectivity index (χ0n) is 10.3. The quantitative estimate of drug-likeness (QED) is 0.897. The van der Waals surface area contributed by atoms with Crippen molar-refractivity contribution >= 4 is 5.69 Å². The highest BCUT2D eigenvalue weighted by Gasteiger charge is 2.11. The minimum absolute atomic E-state index is 0.577. The molecule has 0 fully saturated rings. The molecule has 0 aliphatic carbocycles. The van der Waals surface area contributed by atoms with Crippen molar-refractivity contribution in [1.82, 2.24) is 9.97 Å². The molecular formula is C14H15N3O. The van der Waals surface area contributed by atoms with E-state index in [0.29, 0.717) is 12.5 Å². The summed E-state index contributed by atoms with van der Waals surface area (Å²) in [4.78, 5) is 8.62. The second-order valence-corrected chi connectivity index (χ2v) is 4.22. The molecule has 2 heterocycles. The molecule has 4 nitrogen and oxygen atoms in total. The van der Waals surface area contributed by atoms with Gasteiger partial charge >= 0.3 is 0 Å². The summed E-state index contributed by atoms with van der Waals surface area (Å²) in [5.41, 5.74) is 4.52. The number of nitrogens with one attached hydrogen (secondary N) is 1. The predicted octanol–water partition coefficient (Wildman–Crippen LogP) is 2.51. The first-order valence-corrected chi connectivity index (χ1v) is 6.19. The maximum atomic E-state index is 5.37. The van der Waals surface area contributed by atoms with E-state index < -0.39 is 0 Å². The van der Waals surface area contributed by atoms with Crippen molar-refractivity contribution < 1.29 is 4.74 Å². The van der Waals surface area contributed by atoms with E-state index in [4.69, 9.17) is 4.74 Å². The van der Waals surface area contributed by atoms with Crippen LogP contribution in [0.4, 0.5) is 5.69 Å². The van der Waals surface area contributed by atoms with Gasteiger partial charge in [0.2, 0.25) is 5.88 Å². The third-order valence-corrected chi connectivity index (χ3v) is 3.02. The molecule has 0 unspecified atom stereocenters. The van der Waals surface area contributed by atoms with Crippen molar-refractivity contribution in [3.05, 3.63) is 36.2 Å². The summed E-state index contributed by atoms with van der Waals surface area (Å²) >= 11 is 0. The summed E-state index contributed by atoms with van der Waals surface area (Å²) in [5, 5.41) is 3.35. The van der Waals surface area contributed by atoms with Gasteiger partial charge in [0.15, 0.2) is 0 Å². The second-order valence-electron chi connectivity index (χ2n) is 4.22. The lowest BCUT2D eigenvalue weighted by molar-refractivity contribution is 0.325. The zero-order valence-corrected chi connectivity index (χ0v) is 10.3. The summed E-state index contributed by atoms with van der Waals surface area (Å²) in [6.07, 6.45) is 4.48. The molecule has 0 saturated carbocycles. The Kier molecular flexibility index (Phi) is 2.84. The van der Waals surface area contributed by atoms with E-state index in [1.165, 1.54) is 11.3 Å². The molecule has 1 aromatic carbocycles. The molecule has 0 bridgehead atoms. The van der Waals surface area contributed by atoms with Crippen LogP contribution < -0.4 is 10.1 Å². The summed E-state index contributed by atoms with van der Waals surface area (Å²) in [6.45, 7) is 3.56. The van der Waals surface area contributed by atoms with Gasteiger partial charge in [-0.05, 0) is 31.0 Å². The van der Waals surface area contributed by atoms with Gasteiger partial charge in [0.1, 0.15) is 0 Å². The van der Waals surface area contributed by atoms with Gasteiger partial charge in [0.25, 0.3) is 0 Å². The minimum Gasteiger partial charge on any atom is -0.477 e. The Bertz CT molecular complexity index is 569. The highest BCUT2D eigenvalue weighted by Crippen LogP contribution is 2.27. The van der Waals surface area contributed by atoms with Crippen molar-refractivity contribution in [2.45, 2.75) is 13.3 Å². The summed E-state index contributed by atoms with van der Waals surface area (Å²) in [7, 11) is 0. The van der Waals surface area contributed by atoms with Crippen molar-refractivity contribution in [2.24, 2.45) is 0 Å². The van der Waals surface area contributed by atoms with E-state index >= 15 is 0 Å². The molecule has 0 spiro atoms. The van der Waals surface area contributed by atoms with E-state index in [1.54, 1.807) is 12.4 Å². The highest BCUT2D eigenvalue weighted by molar-refractivity contribution is 5.67. The van der Waals surface area contributed by atoms with E-state index in [-0.39, 0.29) is 0 Å². The number of rotatable bonds is 3. The molecule has 1 aromatic heterocycles. The van der Waals surface area contributed by atoms with E-state index in [0.717, 1.165) is 24.2 Å².